The Bertz CT molecular complexity index is 1300. The minimum Gasteiger partial charge on any atom is -0.489 e. The van der Waals surface area contributed by atoms with E-state index < -0.39 is 5.91 Å². The highest BCUT2D eigenvalue weighted by atomic mass is 16.5. The van der Waals surface area contributed by atoms with E-state index in [4.69, 9.17) is 9.94 Å². The molecule has 0 aliphatic rings. The zero-order valence-electron chi connectivity index (χ0n) is 18.8. The molecule has 174 valence electrons. The van der Waals surface area contributed by atoms with Gasteiger partial charge in [0.1, 0.15) is 12.4 Å². The molecule has 2 amide bonds. The highest BCUT2D eigenvalue weighted by Gasteiger charge is 2.12. The number of rotatable bonds is 8. The highest BCUT2D eigenvalue weighted by Crippen LogP contribution is 2.23. The molecule has 6 heteroatoms. The SMILES string of the molecule is O=C(Nc1ccccc1)C(=Cc1ccc(C(=O)NO)cc1)COc1ccc(-c2ccccc2)cc1. The molecule has 4 rings (SSSR count). The van der Waals surface area contributed by atoms with E-state index in [9.17, 15) is 9.59 Å². The number of ether oxygens (including phenoxy) is 1. The molecule has 0 heterocycles. The molecule has 0 saturated heterocycles. The normalized spacial score (nSPS) is 10.9. The molecule has 0 aliphatic carbocycles. The minimum atomic E-state index is -0.607. The third-order valence-electron chi connectivity index (χ3n) is 5.29. The number of carbonyl (C=O) groups excluding carboxylic acids is 2. The zero-order valence-corrected chi connectivity index (χ0v) is 18.8. The number of benzene rings is 4. The summed E-state index contributed by atoms with van der Waals surface area (Å²) < 4.78 is 5.94. The van der Waals surface area contributed by atoms with Crippen LogP contribution in [0.1, 0.15) is 15.9 Å². The molecule has 0 aromatic heterocycles. The standard InChI is InChI=1S/C29H24N2O4/c32-28(30-26-9-5-2-6-10-26)25(19-21-11-13-24(14-12-21)29(33)31-34)20-35-27-17-15-23(16-18-27)22-7-3-1-4-8-22/h1-19,34H,20H2,(H,30,32)(H,31,33). The van der Waals surface area contributed by atoms with Crippen LogP contribution in [-0.4, -0.2) is 23.6 Å². The summed E-state index contributed by atoms with van der Waals surface area (Å²) in [6, 6.07) is 33.4. The van der Waals surface area contributed by atoms with Crippen LogP contribution in [0.25, 0.3) is 17.2 Å². The van der Waals surface area contributed by atoms with Crippen molar-refractivity contribution in [1.82, 2.24) is 5.48 Å². The first-order valence-corrected chi connectivity index (χ1v) is 11.0. The number of para-hydroxylation sites is 1. The summed E-state index contributed by atoms with van der Waals surface area (Å²) in [4.78, 5) is 24.6. The van der Waals surface area contributed by atoms with Crippen molar-refractivity contribution in [1.29, 1.82) is 0 Å². The zero-order chi connectivity index (χ0) is 24.5. The molecule has 0 atom stereocenters. The van der Waals surface area contributed by atoms with E-state index in [0.717, 1.165) is 11.1 Å². The number of anilines is 1. The van der Waals surface area contributed by atoms with Gasteiger partial charge in [0.2, 0.25) is 0 Å². The monoisotopic (exact) mass is 464 g/mol. The van der Waals surface area contributed by atoms with Crippen molar-refractivity contribution < 1.29 is 19.5 Å². The predicted octanol–water partition coefficient (Wildman–Crippen LogP) is 5.57. The van der Waals surface area contributed by atoms with Crippen molar-refractivity contribution >= 4 is 23.6 Å². The molecular formula is C29H24N2O4. The van der Waals surface area contributed by atoms with E-state index in [1.807, 2.05) is 72.8 Å². The van der Waals surface area contributed by atoms with Crippen LogP contribution in [0.15, 0.2) is 115 Å². The molecular weight excluding hydrogens is 440 g/mol. The van der Waals surface area contributed by atoms with Gasteiger partial charge in [0, 0.05) is 11.3 Å². The third-order valence-corrected chi connectivity index (χ3v) is 5.29. The quantitative estimate of drug-likeness (QED) is 0.181. The van der Waals surface area contributed by atoms with Crippen molar-refractivity contribution in [2.24, 2.45) is 0 Å². The highest BCUT2D eigenvalue weighted by molar-refractivity contribution is 6.07. The fourth-order valence-corrected chi connectivity index (χ4v) is 3.44. The lowest BCUT2D eigenvalue weighted by molar-refractivity contribution is -0.113. The van der Waals surface area contributed by atoms with Gasteiger partial charge < -0.3 is 10.1 Å². The summed E-state index contributed by atoms with van der Waals surface area (Å²) in [7, 11) is 0. The second kappa shape index (κ2) is 11.4. The fourth-order valence-electron chi connectivity index (χ4n) is 3.44. The van der Waals surface area contributed by atoms with Crippen LogP contribution in [-0.2, 0) is 4.79 Å². The van der Waals surface area contributed by atoms with Gasteiger partial charge in [-0.25, -0.2) is 5.48 Å². The summed E-state index contributed by atoms with van der Waals surface area (Å²) in [5.41, 5.74) is 5.87. The van der Waals surface area contributed by atoms with Gasteiger partial charge in [-0.2, -0.15) is 0 Å². The summed E-state index contributed by atoms with van der Waals surface area (Å²) in [5.74, 6) is -0.266. The van der Waals surface area contributed by atoms with Crippen molar-refractivity contribution in [3.05, 3.63) is 126 Å². The molecule has 6 nitrogen and oxygen atoms in total. The van der Waals surface area contributed by atoms with Crippen LogP contribution < -0.4 is 15.5 Å². The van der Waals surface area contributed by atoms with E-state index in [2.05, 4.69) is 5.32 Å². The second-order valence-corrected chi connectivity index (χ2v) is 7.73. The molecule has 0 radical (unpaired) electrons. The van der Waals surface area contributed by atoms with E-state index in [-0.39, 0.29) is 12.5 Å². The summed E-state index contributed by atoms with van der Waals surface area (Å²) in [6.45, 7) is 0.0439. The van der Waals surface area contributed by atoms with Crippen LogP contribution in [0, 0.1) is 0 Å². The van der Waals surface area contributed by atoms with Crippen molar-refractivity contribution in [2.75, 3.05) is 11.9 Å². The summed E-state index contributed by atoms with van der Waals surface area (Å²) in [6.07, 6.45) is 1.71. The molecule has 0 saturated carbocycles. The van der Waals surface area contributed by atoms with Crippen LogP contribution in [0.5, 0.6) is 5.75 Å². The Morgan fingerprint density at radius 2 is 1.34 bits per heavy atom. The lowest BCUT2D eigenvalue weighted by Gasteiger charge is -2.12. The van der Waals surface area contributed by atoms with Gasteiger partial charge in [0.15, 0.2) is 0 Å². The predicted molar refractivity (Wildman–Crippen MR) is 136 cm³/mol. The number of carbonyl (C=O) groups is 2. The van der Waals surface area contributed by atoms with Gasteiger partial charge in [-0.15, -0.1) is 0 Å². The molecule has 0 spiro atoms. The molecule has 4 aromatic rings. The summed E-state index contributed by atoms with van der Waals surface area (Å²) >= 11 is 0. The fraction of sp³-hybridized carbons (Fsp3) is 0.0345. The lowest BCUT2D eigenvalue weighted by atomic mass is 10.1. The van der Waals surface area contributed by atoms with Crippen LogP contribution in [0.4, 0.5) is 5.69 Å². The largest absolute Gasteiger partial charge is 0.489 e. The average molecular weight is 465 g/mol. The number of nitrogens with one attached hydrogen (secondary N) is 2. The second-order valence-electron chi connectivity index (χ2n) is 7.73. The molecule has 0 fully saturated rings. The summed E-state index contributed by atoms with van der Waals surface area (Å²) in [5, 5.41) is 11.7. The Morgan fingerprint density at radius 1 is 0.743 bits per heavy atom. The minimum absolute atomic E-state index is 0.0439. The van der Waals surface area contributed by atoms with Gasteiger partial charge in [-0.05, 0) is 59.2 Å². The third kappa shape index (κ3) is 6.43. The molecule has 3 N–H and O–H groups in total. The number of hydrogen-bond donors (Lipinski definition) is 3. The number of hydrogen-bond acceptors (Lipinski definition) is 4. The number of amides is 2. The van der Waals surface area contributed by atoms with Gasteiger partial charge >= 0.3 is 0 Å². The van der Waals surface area contributed by atoms with Gasteiger partial charge in [-0.1, -0.05) is 72.8 Å². The maximum Gasteiger partial charge on any atom is 0.274 e. The maximum absolute atomic E-state index is 13.0. The smallest absolute Gasteiger partial charge is 0.274 e. The van der Waals surface area contributed by atoms with Crippen LogP contribution >= 0.6 is 0 Å². The average Bonchev–Trinajstić information content (AvgIpc) is 2.92. The van der Waals surface area contributed by atoms with Gasteiger partial charge in [0.05, 0.1) is 5.57 Å². The van der Waals surface area contributed by atoms with Crippen molar-refractivity contribution in [3.63, 3.8) is 0 Å². The molecule has 0 aliphatic heterocycles. The van der Waals surface area contributed by atoms with E-state index in [1.54, 1.807) is 48.0 Å². The topological polar surface area (TPSA) is 87.7 Å². The molecule has 0 unspecified atom stereocenters. The Hall–Kier alpha value is -4.68. The number of hydroxylamine groups is 1. The van der Waals surface area contributed by atoms with Crippen molar-refractivity contribution in [3.8, 4) is 16.9 Å². The van der Waals surface area contributed by atoms with E-state index in [1.165, 1.54) is 0 Å². The van der Waals surface area contributed by atoms with Crippen molar-refractivity contribution in [2.45, 2.75) is 0 Å². The van der Waals surface area contributed by atoms with E-state index >= 15 is 0 Å². The lowest BCUT2D eigenvalue weighted by Crippen LogP contribution is -2.19. The van der Waals surface area contributed by atoms with Gasteiger partial charge in [0.25, 0.3) is 11.8 Å². The molecule has 4 aromatic carbocycles. The van der Waals surface area contributed by atoms with Crippen LogP contribution in [0.3, 0.4) is 0 Å². The Labute approximate surface area is 203 Å². The first-order chi connectivity index (χ1) is 17.1. The first-order valence-electron chi connectivity index (χ1n) is 11.0. The molecule has 35 heavy (non-hydrogen) atoms. The Balaban J connectivity index is 1.52. The van der Waals surface area contributed by atoms with Gasteiger partial charge in [-0.3, -0.25) is 14.8 Å². The van der Waals surface area contributed by atoms with Crippen LogP contribution in [0.2, 0.25) is 0 Å². The molecule has 0 bridgehead atoms. The maximum atomic E-state index is 13.0. The Kier molecular flexibility index (Phi) is 7.68. The Morgan fingerprint density at radius 3 is 1.97 bits per heavy atom. The van der Waals surface area contributed by atoms with E-state index in [0.29, 0.717) is 28.1 Å². The first kappa shape index (κ1) is 23.5.